The van der Waals surface area contributed by atoms with E-state index in [2.05, 4.69) is 22.3 Å². The number of hydrogen-bond donors (Lipinski definition) is 1. The Balaban J connectivity index is 1.22. The molecular formula is C28H27ClN4O3. The van der Waals surface area contributed by atoms with E-state index in [4.69, 9.17) is 16.3 Å². The van der Waals surface area contributed by atoms with E-state index in [0.717, 1.165) is 18.7 Å². The zero-order valence-corrected chi connectivity index (χ0v) is 20.7. The molecule has 3 heterocycles. The average Bonchev–Trinajstić information content (AvgIpc) is 2.89. The Morgan fingerprint density at radius 3 is 2.50 bits per heavy atom. The van der Waals surface area contributed by atoms with Gasteiger partial charge in [-0.2, -0.15) is 0 Å². The van der Waals surface area contributed by atoms with Crippen molar-refractivity contribution in [1.29, 1.82) is 0 Å². The monoisotopic (exact) mass is 502 g/mol. The van der Waals surface area contributed by atoms with Crippen LogP contribution in [0.5, 0.6) is 5.75 Å². The SMILES string of the molecule is CC12CC(NC(=O)N1c1cccc(C(=O)N3CCN(c4ccccc4)CC3)c1)c1cc(Cl)ccc1O2. The molecule has 184 valence electrons. The van der Waals surface area contributed by atoms with E-state index in [0.29, 0.717) is 41.5 Å². The summed E-state index contributed by atoms with van der Waals surface area (Å²) < 4.78 is 6.36. The van der Waals surface area contributed by atoms with Gasteiger partial charge >= 0.3 is 6.03 Å². The zero-order chi connectivity index (χ0) is 24.9. The lowest BCUT2D eigenvalue weighted by atomic mass is 9.90. The third-order valence-corrected chi connectivity index (χ3v) is 7.51. The summed E-state index contributed by atoms with van der Waals surface area (Å²) >= 11 is 6.18. The van der Waals surface area contributed by atoms with E-state index in [1.807, 2.05) is 54.3 Å². The fourth-order valence-electron chi connectivity index (χ4n) is 5.50. The molecule has 2 saturated heterocycles. The minimum absolute atomic E-state index is 0.0328. The van der Waals surface area contributed by atoms with Crippen LogP contribution in [0.3, 0.4) is 0 Å². The summed E-state index contributed by atoms with van der Waals surface area (Å²) in [6, 6.07) is 22.5. The number of anilines is 2. The molecule has 3 aliphatic heterocycles. The molecule has 36 heavy (non-hydrogen) atoms. The smallest absolute Gasteiger partial charge is 0.325 e. The van der Waals surface area contributed by atoms with E-state index < -0.39 is 5.72 Å². The first kappa shape index (κ1) is 22.7. The van der Waals surface area contributed by atoms with E-state index in [9.17, 15) is 9.59 Å². The summed E-state index contributed by atoms with van der Waals surface area (Å²) in [6.07, 6.45) is 0.561. The van der Waals surface area contributed by atoms with Gasteiger partial charge in [0.2, 0.25) is 0 Å². The van der Waals surface area contributed by atoms with Crippen molar-refractivity contribution in [2.24, 2.45) is 0 Å². The third kappa shape index (κ3) is 3.93. The first-order valence-corrected chi connectivity index (χ1v) is 12.6. The van der Waals surface area contributed by atoms with Crippen molar-refractivity contribution in [1.82, 2.24) is 10.2 Å². The molecule has 2 unspecified atom stereocenters. The predicted molar refractivity (Wildman–Crippen MR) is 140 cm³/mol. The van der Waals surface area contributed by atoms with E-state index in [1.54, 1.807) is 23.1 Å². The lowest BCUT2D eigenvalue weighted by molar-refractivity contribution is 0.0378. The number of hydrogen-bond acceptors (Lipinski definition) is 4. The summed E-state index contributed by atoms with van der Waals surface area (Å²) in [5.41, 5.74) is 2.34. The maximum Gasteiger partial charge on any atom is 0.325 e. The molecule has 3 aliphatic rings. The van der Waals surface area contributed by atoms with Gasteiger partial charge in [-0.25, -0.2) is 4.79 Å². The molecule has 7 nitrogen and oxygen atoms in total. The Bertz CT molecular complexity index is 1330. The molecule has 0 aliphatic carbocycles. The summed E-state index contributed by atoms with van der Waals surface area (Å²) in [5.74, 6) is 0.668. The number of carbonyl (C=O) groups is 2. The molecule has 0 spiro atoms. The molecule has 2 bridgehead atoms. The van der Waals surface area contributed by atoms with E-state index in [1.165, 1.54) is 5.69 Å². The normalized spacial score (nSPS) is 23.0. The van der Waals surface area contributed by atoms with Gasteiger partial charge in [-0.15, -0.1) is 0 Å². The van der Waals surface area contributed by atoms with Gasteiger partial charge in [-0.1, -0.05) is 35.9 Å². The average molecular weight is 503 g/mol. The highest BCUT2D eigenvalue weighted by Crippen LogP contribution is 2.46. The highest BCUT2D eigenvalue weighted by molar-refractivity contribution is 6.30. The van der Waals surface area contributed by atoms with Crippen molar-refractivity contribution in [3.63, 3.8) is 0 Å². The second-order valence-corrected chi connectivity index (χ2v) is 10.1. The summed E-state index contributed by atoms with van der Waals surface area (Å²) in [6.45, 7) is 4.75. The summed E-state index contributed by atoms with van der Waals surface area (Å²) in [4.78, 5) is 32.4. The highest BCUT2D eigenvalue weighted by Gasteiger charge is 2.50. The molecule has 0 radical (unpaired) electrons. The second kappa shape index (κ2) is 8.75. The summed E-state index contributed by atoms with van der Waals surface area (Å²) in [7, 11) is 0. The first-order chi connectivity index (χ1) is 17.4. The molecule has 6 rings (SSSR count). The maximum absolute atomic E-state index is 13.4. The first-order valence-electron chi connectivity index (χ1n) is 12.2. The Hall–Kier alpha value is -3.71. The van der Waals surface area contributed by atoms with Crippen LogP contribution < -0.4 is 19.9 Å². The topological polar surface area (TPSA) is 65.1 Å². The lowest BCUT2D eigenvalue weighted by Crippen LogP contribution is -2.65. The van der Waals surface area contributed by atoms with Crippen molar-refractivity contribution in [3.8, 4) is 5.75 Å². The van der Waals surface area contributed by atoms with Crippen molar-refractivity contribution in [2.75, 3.05) is 36.0 Å². The highest BCUT2D eigenvalue weighted by atomic mass is 35.5. The zero-order valence-electron chi connectivity index (χ0n) is 20.0. The molecule has 3 aromatic carbocycles. The third-order valence-electron chi connectivity index (χ3n) is 7.27. The quantitative estimate of drug-likeness (QED) is 0.543. The van der Waals surface area contributed by atoms with Crippen molar-refractivity contribution < 1.29 is 14.3 Å². The van der Waals surface area contributed by atoms with Gasteiger partial charge in [0.15, 0.2) is 5.72 Å². The van der Waals surface area contributed by atoms with Gasteiger partial charge in [-0.05, 0) is 55.5 Å². The molecule has 2 fully saturated rings. The van der Waals surface area contributed by atoms with Gasteiger partial charge in [0.1, 0.15) is 5.75 Å². The molecule has 8 heteroatoms. The Kier molecular flexibility index (Phi) is 5.52. The number of piperazine rings is 1. The minimum atomic E-state index is -0.892. The van der Waals surface area contributed by atoms with Crippen LogP contribution >= 0.6 is 11.6 Å². The van der Waals surface area contributed by atoms with Crippen molar-refractivity contribution >= 4 is 34.9 Å². The maximum atomic E-state index is 13.4. The Morgan fingerprint density at radius 2 is 1.72 bits per heavy atom. The molecule has 2 atom stereocenters. The fourth-order valence-corrected chi connectivity index (χ4v) is 5.68. The van der Waals surface area contributed by atoms with Gasteiger partial charge in [0.05, 0.1) is 11.7 Å². The van der Waals surface area contributed by atoms with Crippen LogP contribution in [0.1, 0.15) is 35.3 Å². The number of fused-ring (bicyclic) bond motifs is 4. The van der Waals surface area contributed by atoms with Crippen LogP contribution in [-0.2, 0) is 0 Å². The van der Waals surface area contributed by atoms with Crippen LogP contribution in [0.4, 0.5) is 16.2 Å². The van der Waals surface area contributed by atoms with Crippen molar-refractivity contribution in [3.05, 3.63) is 88.9 Å². The minimum Gasteiger partial charge on any atom is -0.467 e. The van der Waals surface area contributed by atoms with E-state index in [-0.39, 0.29) is 18.0 Å². The van der Waals surface area contributed by atoms with Crippen molar-refractivity contribution in [2.45, 2.75) is 25.1 Å². The molecule has 0 saturated carbocycles. The lowest BCUT2D eigenvalue weighted by Gasteiger charge is -2.50. The predicted octanol–water partition coefficient (Wildman–Crippen LogP) is 5.07. The van der Waals surface area contributed by atoms with Crippen LogP contribution in [-0.4, -0.2) is 48.7 Å². The molecule has 3 aromatic rings. The number of rotatable bonds is 3. The fraction of sp³-hybridized carbons (Fsp3) is 0.286. The van der Waals surface area contributed by atoms with Gasteiger partial charge in [0, 0.05) is 54.4 Å². The van der Waals surface area contributed by atoms with Crippen LogP contribution in [0.25, 0.3) is 0 Å². The number of urea groups is 1. The number of amides is 3. The molecular weight excluding hydrogens is 476 g/mol. The molecule has 1 N–H and O–H groups in total. The number of ether oxygens (including phenoxy) is 1. The number of para-hydroxylation sites is 1. The van der Waals surface area contributed by atoms with Gasteiger partial charge in [0.25, 0.3) is 5.91 Å². The van der Waals surface area contributed by atoms with Gasteiger partial charge < -0.3 is 19.9 Å². The van der Waals surface area contributed by atoms with Gasteiger partial charge in [-0.3, -0.25) is 9.69 Å². The second-order valence-electron chi connectivity index (χ2n) is 9.67. The largest absolute Gasteiger partial charge is 0.467 e. The van der Waals surface area contributed by atoms with Crippen LogP contribution in [0, 0.1) is 0 Å². The Labute approximate surface area is 215 Å². The summed E-state index contributed by atoms with van der Waals surface area (Å²) in [5, 5.41) is 3.69. The Morgan fingerprint density at radius 1 is 0.972 bits per heavy atom. The standard InChI is InChI=1S/C28H27ClN4O3/c1-28-18-24(23-17-20(29)10-11-25(23)36-28)30-27(35)33(28)22-9-5-6-19(16-22)26(34)32-14-12-31(13-15-32)21-7-3-2-4-8-21/h2-11,16-17,24H,12-15,18H2,1H3,(H,30,35). The molecule has 0 aromatic heterocycles. The number of nitrogens with zero attached hydrogens (tertiary/aromatic N) is 3. The van der Waals surface area contributed by atoms with Crippen LogP contribution in [0.15, 0.2) is 72.8 Å². The number of nitrogens with one attached hydrogen (secondary N) is 1. The van der Waals surface area contributed by atoms with Crippen LogP contribution in [0.2, 0.25) is 5.02 Å². The number of benzene rings is 3. The van der Waals surface area contributed by atoms with E-state index >= 15 is 0 Å². The molecule has 3 amide bonds. The number of halogens is 1. The number of carbonyl (C=O) groups excluding carboxylic acids is 2.